The highest BCUT2D eigenvalue weighted by molar-refractivity contribution is 6.00. The van der Waals surface area contributed by atoms with E-state index in [0.29, 0.717) is 0 Å². The Morgan fingerprint density at radius 3 is 2.43 bits per heavy atom. The fraction of sp³-hybridized carbons (Fsp3) is 0.222. The summed E-state index contributed by atoms with van der Waals surface area (Å²) in [6, 6.07) is 1.69. The molecule has 5 heteroatoms. The molecule has 0 atom stereocenters. The van der Waals surface area contributed by atoms with Crippen LogP contribution in [0.1, 0.15) is 29.3 Å². The summed E-state index contributed by atoms with van der Waals surface area (Å²) >= 11 is 0. The molecule has 1 aromatic rings. The number of ketones is 1. The van der Waals surface area contributed by atoms with Gasteiger partial charge in [-0.1, -0.05) is 0 Å². The largest absolute Gasteiger partial charge is 0.396 e. The van der Waals surface area contributed by atoms with Gasteiger partial charge in [-0.25, -0.2) is 13.2 Å². The van der Waals surface area contributed by atoms with Crippen LogP contribution in [-0.4, -0.2) is 5.78 Å². The number of Topliss-reactive ketones (excluding diaryl/α,β-unsaturated/α-hetero) is 1. The number of hydrogen-bond acceptors (Lipinski definition) is 2. The maximum Gasteiger partial charge on any atom is 0.264 e. The van der Waals surface area contributed by atoms with E-state index in [1.165, 1.54) is 0 Å². The lowest BCUT2D eigenvalue weighted by molar-refractivity contribution is 0.0999. The minimum absolute atomic E-state index is 0.431. The van der Waals surface area contributed by atoms with Gasteiger partial charge >= 0.3 is 0 Å². The molecule has 2 N–H and O–H groups in total. The molecule has 0 saturated carbocycles. The molecule has 0 radical (unpaired) electrons. The molecule has 0 bridgehead atoms. The van der Waals surface area contributed by atoms with Crippen LogP contribution in [0.3, 0.4) is 0 Å². The van der Waals surface area contributed by atoms with E-state index in [1.54, 1.807) is 0 Å². The van der Waals surface area contributed by atoms with Crippen LogP contribution in [-0.2, 0) is 0 Å². The normalized spacial score (nSPS) is 10.6. The van der Waals surface area contributed by atoms with Gasteiger partial charge in [0, 0.05) is 5.56 Å². The topological polar surface area (TPSA) is 43.1 Å². The Balaban J connectivity index is 3.45. The molecule has 14 heavy (non-hydrogen) atoms. The van der Waals surface area contributed by atoms with E-state index in [2.05, 4.69) is 0 Å². The summed E-state index contributed by atoms with van der Waals surface area (Å²) in [6.45, 7) is 1.07. The molecule has 0 saturated heterocycles. The van der Waals surface area contributed by atoms with E-state index >= 15 is 0 Å². The van der Waals surface area contributed by atoms with Crippen LogP contribution in [0.5, 0.6) is 0 Å². The third-order valence-electron chi connectivity index (χ3n) is 1.81. The highest BCUT2D eigenvalue weighted by Crippen LogP contribution is 2.28. The molecule has 0 amide bonds. The van der Waals surface area contributed by atoms with E-state index in [-0.39, 0.29) is 0 Å². The van der Waals surface area contributed by atoms with Crippen LogP contribution in [0.25, 0.3) is 0 Å². The zero-order chi connectivity index (χ0) is 10.9. The average molecular weight is 203 g/mol. The number of carbonyl (C=O) groups is 1. The van der Waals surface area contributed by atoms with Crippen molar-refractivity contribution in [3.8, 4) is 0 Å². The van der Waals surface area contributed by atoms with Gasteiger partial charge in [0.1, 0.15) is 5.82 Å². The molecule has 76 valence electrons. The number of nitrogen functional groups attached to an aromatic ring is 1. The van der Waals surface area contributed by atoms with Gasteiger partial charge in [0.2, 0.25) is 0 Å². The Kier molecular flexibility index (Phi) is 2.78. The smallest absolute Gasteiger partial charge is 0.264 e. The standard InChI is InChI=1S/C9H8F3NO/c1-4(14)7-5(9(11)12)2-3-6(10)8(7)13/h2-3,9H,13H2,1H3. The first-order chi connectivity index (χ1) is 6.45. The van der Waals surface area contributed by atoms with Crippen LogP contribution in [0.15, 0.2) is 12.1 Å². The number of nitrogens with two attached hydrogens (primary N) is 1. The SMILES string of the molecule is CC(=O)c1c(C(F)F)ccc(F)c1N. The lowest BCUT2D eigenvalue weighted by Gasteiger charge is -2.09. The van der Waals surface area contributed by atoms with Crippen molar-refractivity contribution in [1.82, 2.24) is 0 Å². The quantitative estimate of drug-likeness (QED) is 0.592. The van der Waals surface area contributed by atoms with Gasteiger partial charge in [-0.2, -0.15) is 0 Å². The van der Waals surface area contributed by atoms with Crippen molar-refractivity contribution in [2.75, 3.05) is 5.73 Å². The predicted molar refractivity (Wildman–Crippen MR) is 45.8 cm³/mol. The summed E-state index contributed by atoms with van der Waals surface area (Å²) < 4.78 is 37.6. The van der Waals surface area contributed by atoms with Crippen molar-refractivity contribution >= 4 is 11.5 Å². The van der Waals surface area contributed by atoms with E-state index < -0.39 is 34.8 Å². The van der Waals surface area contributed by atoms with Crippen molar-refractivity contribution in [2.24, 2.45) is 0 Å². The fourth-order valence-electron chi connectivity index (χ4n) is 1.19. The number of anilines is 1. The summed E-state index contributed by atoms with van der Waals surface area (Å²) in [4.78, 5) is 11.0. The first-order valence-corrected chi connectivity index (χ1v) is 3.82. The van der Waals surface area contributed by atoms with Crippen LogP contribution < -0.4 is 5.73 Å². The maximum absolute atomic E-state index is 12.9. The van der Waals surface area contributed by atoms with Gasteiger partial charge in [-0.05, 0) is 19.1 Å². The fourth-order valence-corrected chi connectivity index (χ4v) is 1.19. The molecule has 0 spiro atoms. The number of carbonyl (C=O) groups excluding carboxylic acids is 1. The number of hydrogen-bond donors (Lipinski definition) is 1. The lowest BCUT2D eigenvalue weighted by atomic mass is 10.0. The molecule has 0 aliphatic heterocycles. The second-order valence-electron chi connectivity index (χ2n) is 2.78. The summed E-state index contributed by atoms with van der Waals surface area (Å²) in [5.74, 6) is -1.53. The molecule has 0 heterocycles. The van der Waals surface area contributed by atoms with E-state index in [9.17, 15) is 18.0 Å². The molecule has 0 aliphatic carbocycles. The van der Waals surface area contributed by atoms with Gasteiger partial charge in [-0.3, -0.25) is 4.79 Å². The third kappa shape index (κ3) is 1.71. The van der Waals surface area contributed by atoms with Crippen molar-refractivity contribution in [3.05, 3.63) is 29.1 Å². The Labute approximate surface area is 78.5 Å². The van der Waals surface area contributed by atoms with Crippen LogP contribution in [0, 0.1) is 5.82 Å². The highest BCUT2D eigenvalue weighted by atomic mass is 19.3. The highest BCUT2D eigenvalue weighted by Gasteiger charge is 2.20. The van der Waals surface area contributed by atoms with Gasteiger partial charge in [0.25, 0.3) is 6.43 Å². The molecular formula is C9H8F3NO. The maximum atomic E-state index is 12.9. The van der Waals surface area contributed by atoms with Crippen molar-refractivity contribution in [2.45, 2.75) is 13.3 Å². The third-order valence-corrected chi connectivity index (χ3v) is 1.81. The molecule has 1 rings (SSSR count). The molecule has 1 aromatic carbocycles. The van der Waals surface area contributed by atoms with Gasteiger partial charge in [0.15, 0.2) is 5.78 Å². The number of halogens is 3. The molecule has 0 fully saturated rings. The molecule has 0 unspecified atom stereocenters. The molecule has 2 nitrogen and oxygen atoms in total. The molecule has 0 aliphatic rings. The van der Waals surface area contributed by atoms with Crippen LogP contribution in [0.2, 0.25) is 0 Å². The summed E-state index contributed by atoms with van der Waals surface area (Å²) in [5, 5.41) is 0. The van der Waals surface area contributed by atoms with E-state index in [0.717, 1.165) is 19.1 Å². The lowest BCUT2D eigenvalue weighted by Crippen LogP contribution is -2.07. The van der Waals surface area contributed by atoms with Gasteiger partial charge in [0.05, 0.1) is 11.3 Å². The van der Waals surface area contributed by atoms with Crippen molar-refractivity contribution in [3.63, 3.8) is 0 Å². The van der Waals surface area contributed by atoms with Crippen molar-refractivity contribution < 1.29 is 18.0 Å². The van der Waals surface area contributed by atoms with Gasteiger partial charge in [-0.15, -0.1) is 0 Å². The van der Waals surface area contributed by atoms with Crippen LogP contribution in [0.4, 0.5) is 18.9 Å². The first-order valence-electron chi connectivity index (χ1n) is 3.82. The number of rotatable bonds is 2. The minimum Gasteiger partial charge on any atom is -0.396 e. The second kappa shape index (κ2) is 3.69. The van der Waals surface area contributed by atoms with Crippen molar-refractivity contribution in [1.29, 1.82) is 0 Å². The zero-order valence-corrected chi connectivity index (χ0v) is 7.35. The Morgan fingerprint density at radius 1 is 1.43 bits per heavy atom. The first kappa shape index (κ1) is 10.6. The summed E-state index contributed by atoms with van der Waals surface area (Å²) in [5.41, 5.74) is 3.71. The predicted octanol–water partition coefficient (Wildman–Crippen LogP) is 2.55. The van der Waals surface area contributed by atoms with Crippen LogP contribution >= 0.6 is 0 Å². The number of benzene rings is 1. The summed E-state index contributed by atoms with van der Waals surface area (Å²) in [7, 11) is 0. The Bertz CT molecular complexity index is 377. The molecule has 0 aromatic heterocycles. The molecular weight excluding hydrogens is 195 g/mol. The Hall–Kier alpha value is -1.52. The van der Waals surface area contributed by atoms with E-state index in [1.807, 2.05) is 0 Å². The monoisotopic (exact) mass is 203 g/mol. The minimum atomic E-state index is -2.84. The van der Waals surface area contributed by atoms with E-state index in [4.69, 9.17) is 5.73 Å². The van der Waals surface area contributed by atoms with Gasteiger partial charge < -0.3 is 5.73 Å². The average Bonchev–Trinajstić information content (AvgIpc) is 2.08. The second-order valence-corrected chi connectivity index (χ2v) is 2.78. The zero-order valence-electron chi connectivity index (χ0n) is 7.35. The Morgan fingerprint density at radius 2 is 2.00 bits per heavy atom. The number of alkyl halides is 2. The summed E-state index contributed by atoms with van der Waals surface area (Å²) in [6.07, 6.45) is -2.84.